The first-order chi connectivity index (χ1) is 9.94. The van der Waals surface area contributed by atoms with Crippen molar-refractivity contribution in [1.82, 2.24) is 9.71 Å². The number of nitrogens with one attached hydrogen (secondary N) is 2. The summed E-state index contributed by atoms with van der Waals surface area (Å²) in [5.74, 6) is 0.599. The van der Waals surface area contributed by atoms with Crippen molar-refractivity contribution in [3.8, 4) is 0 Å². The van der Waals surface area contributed by atoms with Gasteiger partial charge in [-0.05, 0) is 41.5 Å². The second kappa shape index (κ2) is 6.55. The van der Waals surface area contributed by atoms with Crippen molar-refractivity contribution in [1.29, 1.82) is 0 Å². The highest BCUT2D eigenvalue weighted by Crippen LogP contribution is 2.26. The molecule has 21 heavy (non-hydrogen) atoms. The van der Waals surface area contributed by atoms with E-state index in [4.69, 9.17) is 0 Å². The molecule has 2 N–H and O–H groups in total. The van der Waals surface area contributed by atoms with Crippen LogP contribution in [0.25, 0.3) is 0 Å². The largest absolute Gasteiger partial charge is 0.363 e. The van der Waals surface area contributed by atoms with E-state index in [-0.39, 0.29) is 10.9 Å². The van der Waals surface area contributed by atoms with Gasteiger partial charge in [0.15, 0.2) is 0 Å². The van der Waals surface area contributed by atoms with Gasteiger partial charge in [-0.1, -0.05) is 30.3 Å². The molecule has 2 aromatic rings. The lowest BCUT2D eigenvalue weighted by molar-refractivity contribution is 0.588. The fraction of sp³-hybridized carbons (Fsp3) is 0.214. The summed E-state index contributed by atoms with van der Waals surface area (Å²) in [6, 6.07) is 11.5. The van der Waals surface area contributed by atoms with Gasteiger partial charge in [-0.25, -0.2) is 18.1 Å². The summed E-state index contributed by atoms with van der Waals surface area (Å²) in [4.78, 5) is 4.30. The second-order valence-electron chi connectivity index (χ2n) is 4.49. The van der Waals surface area contributed by atoms with Crippen LogP contribution in [0.3, 0.4) is 0 Å². The van der Waals surface area contributed by atoms with Gasteiger partial charge in [0.1, 0.15) is 10.7 Å². The first kappa shape index (κ1) is 15.9. The van der Waals surface area contributed by atoms with Crippen LogP contribution < -0.4 is 10.0 Å². The maximum absolute atomic E-state index is 11.7. The standard InChI is InChI=1S/C14H16BrN3O2S/c1-10(11-6-4-3-5-7-11)18-14-13(15)8-12(9-17-14)21(19,20)16-2/h3-10,16H,1-2H3,(H,17,18). The highest BCUT2D eigenvalue weighted by Gasteiger charge is 2.15. The summed E-state index contributed by atoms with van der Waals surface area (Å²) in [7, 11) is -2.12. The fourth-order valence-corrected chi connectivity index (χ4v) is 3.14. The van der Waals surface area contributed by atoms with Gasteiger partial charge in [0.05, 0.1) is 4.47 Å². The molecule has 0 aliphatic heterocycles. The number of sulfonamides is 1. The van der Waals surface area contributed by atoms with Crippen LogP contribution >= 0.6 is 15.9 Å². The van der Waals surface area contributed by atoms with Crippen LogP contribution in [0, 0.1) is 0 Å². The van der Waals surface area contributed by atoms with Crippen LogP contribution in [-0.2, 0) is 10.0 Å². The topological polar surface area (TPSA) is 71.1 Å². The summed E-state index contributed by atoms with van der Waals surface area (Å²) in [5.41, 5.74) is 1.12. The zero-order chi connectivity index (χ0) is 15.5. The molecular weight excluding hydrogens is 354 g/mol. The lowest BCUT2D eigenvalue weighted by atomic mass is 10.1. The van der Waals surface area contributed by atoms with Crippen LogP contribution in [0.4, 0.5) is 5.82 Å². The number of nitrogens with zero attached hydrogens (tertiary/aromatic N) is 1. The first-order valence-electron chi connectivity index (χ1n) is 6.34. The monoisotopic (exact) mass is 369 g/mol. The Hall–Kier alpha value is -1.44. The van der Waals surface area contributed by atoms with Crippen molar-refractivity contribution in [2.45, 2.75) is 17.9 Å². The summed E-state index contributed by atoms with van der Waals surface area (Å²) in [6.07, 6.45) is 1.33. The number of aromatic nitrogens is 1. The molecule has 5 nitrogen and oxygen atoms in total. The Kier molecular flexibility index (Phi) is 4.97. The number of hydrogen-bond acceptors (Lipinski definition) is 4. The van der Waals surface area contributed by atoms with Crippen LogP contribution in [-0.4, -0.2) is 20.4 Å². The van der Waals surface area contributed by atoms with Crippen molar-refractivity contribution in [2.75, 3.05) is 12.4 Å². The van der Waals surface area contributed by atoms with E-state index in [9.17, 15) is 8.42 Å². The van der Waals surface area contributed by atoms with Crippen molar-refractivity contribution < 1.29 is 8.42 Å². The molecule has 0 aliphatic rings. The fourth-order valence-electron chi connectivity index (χ4n) is 1.82. The third kappa shape index (κ3) is 3.81. The third-order valence-electron chi connectivity index (χ3n) is 3.05. The van der Waals surface area contributed by atoms with E-state index in [0.717, 1.165) is 5.56 Å². The molecule has 1 aromatic heterocycles. The smallest absolute Gasteiger partial charge is 0.241 e. The Balaban J connectivity index is 2.23. The molecule has 1 unspecified atom stereocenters. The van der Waals surface area contributed by atoms with Gasteiger partial charge in [0, 0.05) is 12.2 Å². The molecule has 0 amide bonds. The summed E-state index contributed by atoms with van der Waals surface area (Å²) in [5, 5.41) is 3.25. The first-order valence-corrected chi connectivity index (χ1v) is 8.62. The number of benzene rings is 1. The average Bonchev–Trinajstić information content (AvgIpc) is 2.50. The van der Waals surface area contributed by atoms with Crippen LogP contribution in [0.2, 0.25) is 0 Å². The Morgan fingerprint density at radius 1 is 1.24 bits per heavy atom. The summed E-state index contributed by atoms with van der Waals surface area (Å²) in [6.45, 7) is 2.02. The number of pyridine rings is 1. The van der Waals surface area contributed by atoms with E-state index in [2.05, 4.69) is 31.0 Å². The number of anilines is 1. The Bertz CT molecular complexity index is 720. The molecule has 0 aliphatic carbocycles. The van der Waals surface area contributed by atoms with Gasteiger partial charge >= 0.3 is 0 Å². The molecule has 0 bridgehead atoms. The molecule has 112 valence electrons. The van der Waals surface area contributed by atoms with Gasteiger partial charge in [-0.3, -0.25) is 0 Å². The zero-order valence-corrected chi connectivity index (χ0v) is 14.1. The third-order valence-corrected chi connectivity index (χ3v) is 5.03. The summed E-state index contributed by atoms with van der Waals surface area (Å²) < 4.78 is 26.3. The molecule has 2 rings (SSSR count). The quantitative estimate of drug-likeness (QED) is 0.849. The van der Waals surface area contributed by atoms with Gasteiger partial charge < -0.3 is 5.32 Å². The number of rotatable bonds is 5. The molecule has 0 saturated heterocycles. The lowest BCUT2D eigenvalue weighted by Crippen LogP contribution is -2.19. The van der Waals surface area contributed by atoms with Crippen molar-refractivity contribution in [3.05, 3.63) is 52.6 Å². The molecule has 7 heteroatoms. The van der Waals surface area contributed by atoms with Crippen molar-refractivity contribution >= 4 is 31.8 Å². The molecule has 0 radical (unpaired) electrons. The van der Waals surface area contributed by atoms with Crippen molar-refractivity contribution in [2.24, 2.45) is 0 Å². The van der Waals surface area contributed by atoms with Gasteiger partial charge in [0.25, 0.3) is 0 Å². The van der Waals surface area contributed by atoms with Crippen LogP contribution in [0.5, 0.6) is 0 Å². The molecular formula is C14H16BrN3O2S. The van der Waals surface area contributed by atoms with E-state index < -0.39 is 10.0 Å². The average molecular weight is 370 g/mol. The molecule has 0 fully saturated rings. The minimum atomic E-state index is -3.49. The van der Waals surface area contributed by atoms with Crippen LogP contribution in [0.15, 0.2) is 52.0 Å². The lowest BCUT2D eigenvalue weighted by Gasteiger charge is -2.16. The Labute approximate surface area is 133 Å². The van der Waals surface area contributed by atoms with E-state index in [1.807, 2.05) is 37.3 Å². The molecule has 0 saturated carbocycles. The highest BCUT2D eigenvalue weighted by molar-refractivity contribution is 9.10. The SMILES string of the molecule is CNS(=O)(=O)c1cnc(NC(C)c2ccccc2)c(Br)c1. The molecule has 1 aromatic carbocycles. The molecule has 0 spiro atoms. The van der Waals surface area contributed by atoms with E-state index in [1.54, 1.807) is 0 Å². The van der Waals surface area contributed by atoms with Gasteiger partial charge in [-0.2, -0.15) is 0 Å². The van der Waals surface area contributed by atoms with Crippen molar-refractivity contribution in [3.63, 3.8) is 0 Å². The Morgan fingerprint density at radius 2 is 1.90 bits per heavy atom. The predicted molar refractivity (Wildman–Crippen MR) is 86.7 cm³/mol. The predicted octanol–water partition coefficient (Wildman–Crippen LogP) is 2.93. The molecule has 1 atom stereocenters. The van der Waals surface area contributed by atoms with E-state index in [1.165, 1.54) is 19.3 Å². The highest BCUT2D eigenvalue weighted by atomic mass is 79.9. The van der Waals surface area contributed by atoms with Crippen LogP contribution in [0.1, 0.15) is 18.5 Å². The van der Waals surface area contributed by atoms with E-state index >= 15 is 0 Å². The zero-order valence-electron chi connectivity index (χ0n) is 11.7. The summed E-state index contributed by atoms with van der Waals surface area (Å²) >= 11 is 3.35. The second-order valence-corrected chi connectivity index (χ2v) is 7.23. The number of halogens is 1. The minimum absolute atomic E-state index is 0.0572. The maximum atomic E-state index is 11.7. The van der Waals surface area contributed by atoms with E-state index in [0.29, 0.717) is 10.3 Å². The Morgan fingerprint density at radius 3 is 2.48 bits per heavy atom. The molecule has 1 heterocycles. The maximum Gasteiger partial charge on any atom is 0.241 e. The van der Waals surface area contributed by atoms with Gasteiger partial charge in [-0.15, -0.1) is 0 Å². The normalized spacial score (nSPS) is 12.9. The minimum Gasteiger partial charge on any atom is -0.363 e. The van der Waals surface area contributed by atoms with Gasteiger partial charge in [0.2, 0.25) is 10.0 Å². The number of hydrogen-bond donors (Lipinski definition) is 2.